The van der Waals surface area contributed by atoms with E-state index in [1.165, 1.54) is 12.3 Å². The highest BCUT2D eigenvalue weighted by molar-refractivity contribution is 6.30. The van der Waals surface area contributed by atoms with E-state index in [1.54, 1.807) is 4.90 Å². The van der Waals surface area contributed by atoms with Gasteiger partial charge < -0.3 is 10.6 Å². The normalized spacial score (nSPS) is 20.1. The maximum absolute atomic E-state index is 13.5. The fourth-order valence-corrected chi connectivity index (χ4v) is 1.97. The van der Waals surface area contributed by atoms with Crippen LogP contribution in [0.25, 0.3) is 0 Å². The molecule has 0 aliphatic carbocycles. The van der Waals surface area contributed by atoms with Crippen molar-refractivity contribution in [2.45, 2.75) is 6.42 Å². The molecule has 0 spiro atoms. The zero-order valence-corrected chi connectivity index (χ0v) is 9.25. The number of rotatable bonds is 2. The first-order chi connectivity index (χ1) is 7.58. The van der Waals surface area contributed by atoms with Gasteiger partial charge in [0.05, 0.1) is 10.9 Å². The maximum Gasteiger partial charge on any atom is 0.222 e. The Hall–Kier alpha value is -1.36. The number of halogens is 2. The predicted molar refractivity (Wildman–Crippen MR) is 58.7 cm³/mol. The number of primary amides is 1. The number of carbonyl (C=O) groups is 1. The summed E-state index contributed by atoms with van der Waals surface area (Å²) in [6, 6.07) is 1.21. The van der Waals surface area contributed by atoms with Crippen LogP contribution in [0.5, 0.6) is 0 Å². The molecule has 1 atom stereocenters. The molecule has 0 radical (unpaired) electrons. The van der Waals surface area contributed by atoms with Crippen LogP contribution in [0.1, 0.15) is 6.42 Å². The minimum Gasteiger partial charge on any atom is -0.369 e. The lowest BCUT2D eigenvalue weighted by Gasteiger charge is -2.17. The van der Waals surface area contributed by atoms with E-state index < -0.39 is 5.82 Å². The number of hydrogen-bond acceptors (Lipinski definition) is 3. The first kappa shape index (κ1) is 11.1. The van der Waals surface area contributed by atoms with Crippen molar-refractivity contribution in [1.29, 1.82) is 0 Å². The van der Waals surface area contributed by atoms with E-state index in [0.717, 1.165) is 0 Å². The molecule has 2 rings (SSSR count). The Morgan fingerprint density at radius 3 is 3.00 bits per heavy atom. The predicted octanol–water partition coefficient (Wildman–Crippen LogP) is 1.19. The van der Waals surface area contributed by atoms with Gasteiger partial charge in [-0.05, 0) is 12.5 Å². The molecule has 1 saturated heterocycles. The second-order valence-electron chi connectivity index (χ2n) is 3.79. The van der Waals surface area contributed by atoms with Gasteiger partial charge in [-0.3, -0.25) is 4.79 Å². The van der Waals surface area contributed by atoms with Gasteiger partial charge in [-0.15, -0.1) is 0 Å². The molecule has 1 amide bonds. The molecule has 0 bridgehead atoms. The van der Waals surface area contributed by atoms with E-state index in [2.05, 4.69) is 4.98 Å². The summed E-state index contributed by atoms with van der Waals surface area (Å²) in [5, 5.41) is 0.256. The second-order valence-corrected chi connectivity index (χ2v) is 4.23. The zero-order chi connectivity index (χ0) is 11.7. The molecule has 1 unspecified atom stereocenters. The molecule has 2 heterocycles. The molecule has 1 aromatic heterocycles. The van der Waals surface area contributed by atoms with E-state index in [1.807, 2.05) is 0 Å². The quantitative estimate of drug-likeness (QED) is 0.849. The first-order valence-electron chi connectivity index (χ1n) is 4.93. The van der Waals surface area contributed by atoms with Gasteiger partial charge >= 0.3 is 0 Å². The molecule has 0 aromatic carbocycles. The van der Waals surface area contributed by atoms with Crippen LogP contribution in [0.3, 0.4) is 0 Å². The number of nitrogens with zero attached hydrogens (tertiary/aromatic N) is 2. The zero-order valence-electron chi connectivity index (χ0n) is 8.49. The average molecular weight is 244 g/mol. The fourth-order valence-electron chi connectivity index (χ4n) is 1.82. The Balaban J connectivity index is 2.17. The number of nitrogens with two attached hydrogens (primary N) is 1. The number of pyridine rings is 1. The van der Waals surface area contributed by atoms with Gasteiger partial charge in [-0.2, -0.15) is 0 Å². The lowest BCUT2D eigenvalue weighted by molar-refractivity contribution is -0.121. The average Bonchev–Trinajstić information content (AvgIpc) is 2.66. The highest BCUT2D eigenvalue weighted by Crippen LogP contribution is 2.25. The third-order valence-corrected chi connectivity index (χ3v) is 2.89. The van der Waals surface area contributed by atoms with Gasteiger partial charge in [0, 0.05) is 19.3 Å². The minimum absolute atomic E-state index is 0.225. The maximum atomic E-state index is 13.5. The molecule has 1 aliphatic rings. The molecule has 2 N–H and O–H groups in total. The third-order valence-electron chi connectivity index (χ3n) is 2.68. The first-order valence-corrected chi connectivity index (χ1v) is 5.31. The molecule has 1 aliphatic heterocycles. The Bertz CT molecular complexity index is 427. The summed E-state index contributed by atoms with van der Waals surface area (Å²) in [4.78, 5) is 16.6. The van der Waals surface area contributed by atoms with Crippen LogP contribution in [0.4, 0.5) is 10.2 Å². The van der Waals surface area contributed by atoms with Crippen molar-refractivity contribution in [1.82, 2.24) is 4.98 Å². The van der Waals surface area contributed by atoms with Crippen molar-refractivity contribution >= 4 is 23.3 Å². The number of hydrogen-bond donors (Lipinski definition) is 1. The van der Waals surface area contributed by atoms with Crippen LogP contribution in [0.2, 0.25) is 5.02 Å². The van der Waals surface area contributed by atoms with E-state index in [9.17, 15) is 9.18 Å². The van der Waals surface area contributed by atoms with Gasteiger partial charge in [0.25, 0.3) is 0 Å². The summed E-state index contributed by atoms with van der Waals surface area (Å²) in [6.07, 6.45) is 2.02. The second kappa shape index (κ2) is 4.25. The van der Waals surface area contributed by atoms with Crippen LogP contribution in [-0.4, -0.2) is 24.0 Å². The number of anilines is 1. The van der Waals surface area contributed by atoms with Gasteiger partial charge in [0.2, 0.25) is 5.91 Å². The number of aromatic nitrogens is 1. The van der Waals surface area contributed by atoms with Crippen LogP contribution < -0.4 is 10.6 Å². The fraction of sp³-hybridized carbons (Fsp3) is 0.400. The Labute approximate surface area is 97.2 Å². The Morgan fingerprint density at radius 1 is 1.69 bits per heavy atom. The molecule has 6 heteroatoms. The molecular weight excluding hydrogens is 233 g/mol. The number of amides is 1. The molecule has 16 heavy (non-hydrogen) atoms. The van der Waals surface area contributed by atoms with Crippen molar-refractivity contribution in [2.75, 3.05) is 18.0 Å². The van der Waals surface area contributed by atoms with E-state index in [-0.39, 0.29) is 22.7 Å². The van der Waals surface area contributed by atoms with Crippen LogP contribution in [-0.2, 0) is 4.79 Å². The Morgan fingerprint density at radius 2 is 2.44 bits per heavy atom. The van der Waals surface area contributed by atoms with Crippen molar-refractivity contribution in [3.8, 4) is 0 Å². The van der Waals surface area contributed by atoms with Crippen molar-refractivity contribution in [2.24, 2.45) is 11.7 Å². The SMILES string of the molecule is NC(=O)C1CCN(c2ncc(Cl)cc2F)C1. The molecule has 1 fully saturated rings. The topological polar surface area (TPSA) is 59.2 Å². The molecule has 86 valence electrons. The van der Waals surface area contributed by atoms with Gasteiger partial charge in [-0.1, -0.05) is 11.6 Å². The summed E-state index contributed by atoms with van der Waals surface area (Å²) < 4.78 is 13.5. The lowest BCUT2D eigenvalue weighted by atomic mass is 10.1. The van der Waals surface area contributed by atoms with Crippen LogP contribution >= 0.6 is 11.6 Å². The summed E-state index contributed by atoms with van der Waals surface area (Å²) in [6.45, 7) is 1.00. The smallest absolute Gasteiger partial charge is 0.222 e. The highest BCUT2D eigenvalue weighted by Gasteiger charge is 2.28. The van der Waals surface area contributed by atoms with Crippen molar-refractivity contribution in [3.63, 3.8) is 0 Å². The molecule has 1 aromatic rings. The summed E-state index contributed by atoms with van der Waals surface area (Å²) in [5.74, 6) is -0.820. The van der Waals surface area contributed by atoms with Crippen LogP contribution in [0, 0.1) is 11.7 Å². The standard InChI is InChI=1S/C10H11ClFN3O/c11-7-3-8(12)10(14-4-7)15-2-1-6(5-15)9(13)16/h3-4,6H,1-2,5H2,(H2,13,16). The summed E-state index contributed by atoms with van der Waals surface area (Å²) in [7, 11) is 0. The van der Waals surface area contributed by atoms with Gasteiger partial charge in [0.1, 0.15) is 0 Å². The van der Waals surface area contributed by atoms with Crippen molar-refractivity contribution in [3.05, 3.63) is 23.1 Å². The molecule has 0 saturated carbocycles. The number of carbonyl (C=O) groups excluding carboxylic acids is 1. The van der Waals surface area contributed by atoms with Gasteiger partial charge in [-0.25, -0.2) is 9.37 Å². The Kier molecular flexibility index (Phi) is 2.96. The van der Waals surface area contributed by atoms with Crippen molar-refractivity contribution < 1.29 is 9.18 Å². The highest BCUT2D eigenvalue weighted by atomic mass is 35.5. The monoisotopic (exact) mass is 243 g/mol. The largest absolute Gasteiger partial charge is 0.369 e. The lowest BCUT2D eigenvalue weighted by Crippen LogP contribution is -2.28. The van der Waals surface area contributed by atoms with Gasteiger partial charge in [0.15, 0.2) is 11.6 Å². The summed E-state index contributed by atoms with van der Waals surface area (Å²) >= 11 is 5.61. The molecule has 4 nitrogen and oxygen atoms in total. The molecular formula is C10H11ClFN3O. The minimum atomic E-state index is -0.474. The van der Waals surface area contributed by atoms with E-state index in [4.69, 9.17) is 17.3 Å². The van der Waals surface area contributed by atoms with E-state index in [0.29, 0.717) is 19.5 Å². The van der Waals surface area contributed by atoms with Crippen LogP contribution in [0.15, 0.2) is 12.3 Å². The van der Waals surface area contributed by atoms with E-state index >= 15 is 0 Å². The summed E-state index contributed by atoms with van der Waals surface area (Å²) in [5.41, 5.74) is 5.20. The third kappa shape index (κ3) is 2.09.